The smallest absolute Gasteiger partial charge is 0.220 e. The van der Waals surface area contributed by atoms with Crippen molar-refractivity contribution in [1.29, 1.82) is 0 Å². The van der Waals surface area contributed by atoms with Crippen molar-refractivity contribution in [2.24, 2.45) is 21.1 Å². The molecule has 6 aromatic carbocycles. The van der Waals surface area contributed by atoms with Crippen LogP contribution in [0.5, 0.6) is 0 Å². The zero-order chi connectivity index (χ0) is 73.9. The summed E-state index contributed by atoms with van der Waals surface area (Å²) in [6, 6.07) is 64.8. The number of benzene rings is 6. The summed E-state index contributed by atoms with van der Waals surface area (Å²) in [5.74, 6) is 2.87. The highest BCUT2D eigenvalue weighted by Gasteiger charge is 2.34. The number of aryl methyl sites for hydroxylation is 5. The van der Waals surface area contributed by atoms with Gasteiger partial charge in [-0.2, -0.15) is 0 Å². The lowest BCUT2D eigenvalue weighted by atomic mass is 9.76. The molecule has 0 unspecified atom stereocenters. The van der Waals surface area contributed by atoms with Crippen LogP contribution in [0.15, 0.2) is 207 Å². The van der Waals surface area contributed by atoms with Crippen molar-refractivity contribution in [1.82, 2.24) is 15.0 Å². The third-order valence-corrected chi connectivity index (χ3v) is 35.9. The predicted molar refractivity (Wildman–Crippen MR) is 457 cm³/mol. The van der Waals surface area contributed by atoms with Crippen molar-refractivity contribution in [3.05, 3.63) is 252 Å². The second kappa shape index (κ2) is 32.2. The van der Waals surface area contributed by atoms with Crippen LogP contribution in [0.25, 0.3) is 66.1 Å². The van der Waals surface area contributed by atoms with Gasteiger partial charge in [0, 0.05) is 58.3 Å². The van der Waals surface area contributed by atoms with E-state index in [0.29, 0.717) is 5.92 Å². The van der Waals surface area contributed by atoms with Gasteiger partial charge in [-0.3, -0.25) is 15.0 Å². The maximum Gasteiger partial charge on any atom is 0.220 e. The first-order valence-electron chi connectivity index (χ1n) is 40.6. The summed E-state index contributed by atoms with van der Waals surface area (Å²) in [5.41, 5.74) is 20.2. The molecule has 0 saturated heterocycles. The molecule has 0 amide bonds. The highest BCUT2D eigenvalue weighted by atomic mass is 28.3. The fourth-order valence-corrected chi connectivity index (χ4v) is 25.5. The van der Waals surface area contributed by atoms with Gasteiger partial charge in [0.2, 0.25) is 17.1 Å². The maximum absolute atomic E-state index is 4.76. The second-order valence-electron chi connectivity index (χ2n) is 34.0. The number of hydrogen-bond donors (Lipinski definition) is 0. The molecule has 0 radical (unpaired) electrons. The van der Waals surface area contributed by atoms with Crippen molar-refractivity contribution in [2.45, 2.75) is 219 Å². The standard InChI is InChI=1S/C36H45N2Si.C31H37N2Si.C30H35N2Si/c1-26-33(28-15-9-6-10-16-28)24-30(27-13-7-5-8-14-27)25-34(26)36-32-19-18-31(23-29(32)20-22-38(36)2)39(3,4)35-17-11-12-21-37-35;1-22-19-26(24-11-7-6-8-12-24)21-29(23(22)2)31-28-15-14-27(20-25(28)16-18-33(31)3)34(4,5)30-13-9-10-17-32-30;1-22-13-14-24(23-10-6-5-7-11-23)21-28(22)30-27-16-15-26(20-25(27)17-19-32(30)2)33(3,4)29-12-8-9-18-31-29/h11-12,17-25,27-28H,5-10,13-16H2,1-4H3;9-10,13-21,24H,6-8,11-12H2,1-5H3;8-9,12-21,23H,5-7,10-11H2,1-4H3/q3*+1. The number of pyridine rings is 6. The van der Waals surface area contributed by atoms with Gasteiger partial charge in [0.25, 0.3) is 0 Å². The van der Waals surface area contributed by atoms with Gasteiger partial charge in [0.15, 0.2) is 18.6 Å². The normalized spacial score (nSPS) is 16.0. The van der Waals surface area contributed by atoms with Crippen LogP contribution in [0.3, 0.4) is 0 Å². The van der Waals surface area contributed by atoms with Gasteiger partial charge in [-0.1, -0.05) is 211 Å². The molecule has 0 N–H and O–H groups in total. The van der Waals surface area contributed by atoms with Gasteiger partial charge >= 0.3 is 0 Å². The summed E-state index contributed by atoms with van der Waals surface area (Å²) in [7, 11) is 1.04. The third-order valence-electron chi connectivity index (χ3n) is 26.0. The molecule has 0 atom stereocenters. The molecule has 0 spiro atoms. The van der Waals surface area contributed by atoms with Crippen LogP contribution < -0.4 is 45.2 Å². The molecule has 4 fully saturated rings. The average Bonchev–Trinajstić information content (AvgIpc) is 0.890. The van der Waals surface area contributed by atoms with E-state index in [2.05, 4.69) is 272 Å². The number of hydrogen-bond acceptors (Lipinski definition) is 3. The van der Waals surface area contributed by atoms with E-state index in [4.69, 9.17) is 15.0 Å². The molecular formula is C97H117N6Si3+3. The second-order valence-corrected chi connectivity index (χ2v) is 47.0. The Morgan fingerprint density at radius 2 is 0.642 bits per heavy atom. The van der Waals surface area contributed by atoms with Crippen LogP contribution >= 0.6 is 0 Å². The molecular weight excluding hydrogens is 1330 g/mol. The zero-order valence-corrected chi connectivity index (χ0v) is 69.3. The van der Waals surface area contributed by atoms with E-state index in [0.717, 1.165) is 17.8 Å². The number of fused-ring (bicyclic) bond motifs is 3. The number of aromatic nitrogens is 6. The minimum absolute atomic E-state index is 0.712. The molecule has 4 aliphatic rings. The third kappa shape index (κ3) is 15.6. The summed E-state index contributed by atoms with van der Waals surface area (Å²) >= 11 is 0. The van der Waals surface area contributed by atoms with E-state index in [1.54, 1.807) is 11.1 Å². The quantitative estimate of drug-likeness (QED) is 0.0854. The molecule has 544 valence electrons. The van der Waals surface area contributed by atoms with E-state index in [1.807, 2.05) is 36.8 Å². The lowest BCUT2D eigenvalue weighted by Crippen LogP contribution is -2.54. The highest BCUT2D eigenvalue weighted by molar-refractivity contribution is 7.01. The van der Waals surface area contributed by atoms with Crippen molar-refractivity contribution in [2.75, 3.05) is 0 Å². The minimum Gasteiger partial charge on any atom is -0.266 e. The van der Waals surface area contributed by atoms with Crippen molar-refractivity contribution < 1.29 is 13.7 Å². The molecule has 6 aromatic heterocycles. The van der Waals surface area contributed by atoms with Crippen LogP contribution in [-0.4, -0.2) is 39.2 Å². The Morgan fingerprint density at radius 1 is 0.302 bits per heavy atom. The van der Waals surface area contributed by atoms with E-state index in [9.17, 15) is 0 Å². The number of rotatable bonds is 13. The van der Waals surface area contributed by atoms with E-state index >= 15 is 0 Å². The van der Waals surface area contributed by atoms with Crippen LogP contribution in [0.1, 0.15) is 197 Å². The molecule has 9 heteroatoms. The first-order chi connectivity index (χ1) is 51.2. The SMILES string of the molecule is Cc1c(-c2c3ccc([Si](C)(C)c4ccccn4)cc3cc[n+]2C)cc(C2CCCCC2)cc1C1CCCCC1.Cc1cc(C2CCCCC2)cc(-c2c3ccc([Si](C)(C)c4ccccn4)cc3cc[n+]2C)c1C.Cc1ccc(C2CCCCC2)cc1-c1c2ccc([Si](C)(C)c3ccccn3)cc2cc[n+]1C. The Labute approximate surface area is 638 Å². The lowest BCUT2D eigenvalue weighted by molar-refractivity contribution is -0.659. The molecule has 6 heterocycles. The Bertz CT molecular complexity index is 5100. The fourth-order valence-electron chi connectivity index (χ4n) is 18.8. The molecule has 0 bridgehead atoms. The molecule has 4 saturated carbocycles. The summed E-state index contributed by atoms with van der Waals surface area (Å²) < 4.78 is 6.99. The molecule has 4 aliphatic carbocycles. The van der Waals surface area contributed by atoms with Crippen molar-refractivity contribution in [3.8, 4) is 33.8 Å². The molecule has 16 rings (SSSR count). The summed E-state index contributed by atoms with van der Waals surface area (Å²) in [6.07, 6.45) is 39.9. The highest BCUT2D eigenvalue weighted by Crippen LogP contribution is 2.44. The number of nitrogens with zero attached hydrogens (tertiary/aromatic N) is 6. The van der Waals surface area contributed by atoms with Gasteiger partial charge in [-0.25, -0.2) is 13.7 Å². The van der Waals surface area contributed by atoms with Crippen molar-refractivity contribution >= 4 is 88.1 Å². The van der Waals surface area contributed by atoms with E-state index in [-0.39, 0.29) is 0 Å². The van der Waals surface area contributed by atoms with Crippen LogP contribution in [0.4, 0.5) is 0 Å². The monoisotopic (exact) mass is 1450 g/mol. The summed E-state index contributed by atoms with van der Waals surface area (Å²) in [6.45, 7) is 23.7. The van der Waals surface area contributed by atoms with Crippen LogP contribution in [0.2, 0.25) is 39.3 Å². The van der Waals surface area contributed by atoms with Gasteiger partial charge in [0.05, 0.1) is 27.3 Å². The van der Waals surface area contributed by atoms with Crippen LogP contribution in [0, 0.1) is 27.7 Å². The first-order valence-corrected chi connectivity index (χ1v) is 49.6. The Balaban J connectivity index is 0.000000134. The molecule has 12 aromatic rings. The summed E-state index contributed by atoms with van der Waals surface area (Å²) in [5, 5.41) is 16.1. The Morgan fingerprint density at radius 3 is 1.02 bits per heavy atom. The van der Waals surface area contributed by atoms with Gasteiger partial charge in [-0.05, 0) is 236 Å². The van der Waals surface area contributed by atoms with E-state index < -0.39 is 24.2 Å². The largest absolute Gasteiger partial charge is 0.266 e. The van der Waals surface area contributed by atoms with Gasteiger partial charge in [-0.15, -0.1) is 0 Å². The van der Waals surface area contributed by atoms with E-state index in [1.165, 1.54) is 259 Å². The van der Waals surface area contributed by atoms with Gasteiger partial charge in [0.1, 0.15) is 45.4 Å². The lowest BCUT2D eigenvalue weighted by Gasteiger charge is -2.28. The van der Waals surface area contributed by atoms with Crippen molar-refractivity contribution in [3.63, 3.8) is 0 Å². The maximum atomic E-state index is 4.76. The Hall–Kier alpha value is -8.35. The molecule has 6 nitrogen and oxygen atoms in total. The summed E-state index contributed by atoms with van der Waals surface area (Å²) in [4.78, 5) is 14.2. The minimum atomic E-state index is -1.87. The average molecular weight is 1450 g/mol. The molecule has 0 aliphatic heterocycles. The zero-order valence-electron chi connectivity index (χ0n) is 66.3. The topological polar surface area (TPSA) is 50.3 Å². The molecule has 106 heavy (non-hydrogen) atoms. The van der Waals surface area contributed by atoms with Crippen LogP contribution in [-0.2, 0) is 21.1 Å². The fraction of sp³-hybridized carbons (Fsp3) is 0.381. The van der Waals surface area contributed by atoms with Gasteiger partial charge < -0.3 is 0 Å². The predicted octanol–water partition coefficient (Wildman–Crippen LogP) is 20.1. The first kappa shape index (κ1) is 74.5. The Kier molecular flexibility index (Phi) is 22.6.